The van der Waals surface area contributed by atoms with E-state index in [2.05, 4.69) is 6.07 Å². The van der Waals surface area contributed by atoms with E-state index >= 15 is 0 Å². The molecule has 162 valence electrons. The Balaban J connectivity index is 1.68. The fraction of sp³-hybridized carbons (Fsp3) is 0.280. The summed E-state index contributed by atoms with van der Waals surface area (Å²) in [6.07, 6.45) is 3.00. The van der Waals surface area contributed by atoms with Crippen molar-refractivity contribution in [2.75, 3.05) is 5.75 Å². The molecule has 4 rings (SSSR count). The van der Waals surface area contributed by atoms with Crippen molar-refractivity contribution >= 4 is 39.4 Å². The fourth-order valence-corrected chi connectivity index (χ4v) is 4.81. The van der Waals surface area contributed by atoms with Gasteiger partial charge >= 0.3 is 0 Å². The van der Waals surface area contributed by atoms with Crippen molar-refractivity contribution < 1.29 is 4.79 Å². The summed E-state index contributed by atoms with van der Waals surface area (Å²) in [5.74, 6) is 0.146. The third kappa shape index (κ3) is 4.06. The molecule has 0 fully saturated rings. The van der Waals surface area contributed by atoms with Gasteiger partial charge in [-0.15, -0.1) is 0 Å². The molecule has 2 aromatic carbocycles. The maximum atomic E-state index is 13.2. The van der Waals surface area contributed by atoms with Crippen molar-refractivity contribution in [3.05, 3.63) is 70.6 Å². The van der Waals surface area contributed by atoms with E-state index in [1.54, 1.807) is 10.6 Å². The van der Waals surface area contributed by atoms with E-state index in [1.165, 1.54) is 11.8 Å². The average molecular weight is 445 g/mol. The Morgan fingerprint density at radius 2 is 1.88 bits per heavy atom. The molecule has 0 bridgehead atoms. The van der Waals surface area contributed by atoms with E-state index < -0.39 is 0 Å². The maximum absolute atomic E-state index is 13.2. The van der Waals surface area contributed by atoms with Crippen LogP contribution >= 0.6 is 11.8 Å². The van der Waals surface area contributed by atoms with Crippen LogP contribution in [0.15, 0.2) is 64.7 Å². The zero-order chi connectivity index (χ0) is 22.7. The second-order valence-corrected chi connectivity index (χ2v) is 8.66. The number of hydrogen-bond acceptors (Lipinski definition) is 5. The number of nitriles is 1. The van der Waals surface area contributed by atoms with Crippen LogP contribution in [-0.2, 0) is 6.54 Å². The molecule has 1 unspecified atom stereocenters. The Morgan fingerprint density at radius 1 is 1.16 bits per heavy atom. The number of thioether (sulfide) groups is 1. The maximum Gasteiger partial charge on any atom is 0.262 e. The Morgan fingerprint density at radius 3 is 2.62 bits per heavy atom. The number of carbonyl (C=O) groups excluding carboxylic acids is 1. The summed E-state index contributed by atoms with van der Waals surface area (Å²) in [6.45, 7) is 4.56. The van der Waals surface area contributed by atoms with Gasteiger partial charge in [0.05, 0.1) is 29.1 Å². The molecule has 0 N–H and O–H groups in total. The number of Topliss-reactive ketones (excluding diaryl/α,β-unsaturated/α-hetero) is 1. The molecule has 0 aliphatic rings. The largest absolute Gasteiger partial charge is 0.346 e. The van der Waals surface area contributed by atoms with Gasteiger partial charge in [0.25, 0.3) is 5.56 Å². The molecule has 2 aromatic heterocycles. The number of para-hydroxylation sites is 2. The van der Waals surface area contributed by atoms with Gasteiger partial charge in [-0.25, -0.2) is 4.98 Å². The Bertz CT molecular complexity index is 1400. The lowest BCUT2D eigenvalue weighted by atomic mass is 10.1. The third-order valence-electron chi connectivity index (χ3n) is 5.69. The third-order valence-corrected chi connectivity index (χ3v) is 6.65. The van der Waals surface area contributed by atoms with Gasteiger partial charge in [-0.1, -0.05) is 49.0 Å². The first-order valence-electron chi connectivity index (χ1n) is 10.7. The summed E-state index contributed by atoms with van der Waals surface area (Å²) < 4.78 is 3.66. The summed E-state index contributed by atoms with van der Waals surface area (Å²) in [5.41, 5.74) is 2.13. The van der Waals surface area contributed by atoms with Gasteiger partial charge in [-0.05, 0) is 31.5 Å². The zero-order valence-electron chi connectivity index (χ0n) is 18.1. The number of fused-ring (bicyclic) bond motifs is 2. The summed E-state index contributed by atoms with van der Waals surface area (Å²) in [5, 5.41) is 11.0. The van der Waals surface area contributed by atoms with Crippen molar-refractivity contribution in [2.24, 2.45) is 0 Å². The highest BCUT2D eigenvalue weighted by atomic mass is 32.2. The first-order chi connectivity index (χ1) is 15.5. The van der Waals surface area contributed by atoms with Gasteiger partial charge in [0.2, 0.25) is 0 Å². The van der Waals surface area contributed by atoms with E-state index in [4.69, 9.17) is 10.2 Å². The molecule has 4 aromatic rings. The number of hydrogen-bond donors (Lipinski definition) is 0. The molecule has 32 heavy (non-hydrogen) atoms. The smallest absolute Gasteiger partial charge is 0.262 e. The Labute approximate surface area is 190 Å². The summed E-state index contributed by atoms with van der Waals surface area (Å²) >= 11 is 1.30. The standard InChI is InChI=1S/C25H24N4O2S/c1-3-17(2)29-24(31)19-10-4-6-11-21(19)27-25(29)32-16-23(30)20-15-28(14-8-13-26)22-12-7-5-9-18(20)22/h4-7,9-12,15,17H,3,8,14,16H2,1-2H3. The lowest BCUT2D eigenvalue weighted by molar-refractivity contribution is 0.102. The Hall–Kier alpha value is -3.37. The molecule has 2 heterocycles. The number of carbonyl (C=O) groups is 1. The quantitative estimate of drug-likeness (QED) is 0.212. The molecule has 7 heteroatoms. The van der Waals surface area contributed by atoms with Crippen LogP contribution in [0.2, 0.25) is 0 Å². The van der Waals surface area contributed by atoms with Crippen molar-refractivity contribution in [1.82, 2.24) is 14.1 Å². The Kier molecular flexibility index (Phi) is 6.42. The van der Waals surface area contributed by atoms with Gasteiger partial charge in [0, 0.05) is 35.2 Å². The van der Waals surface area contributed by atoms with E-state index in [1.807, 2.05) is 67.1 Å². The zero-order valence-corrected chi connectivity index (χ0v) is 18.9. The van der Waals surface area contributed by atoms with Crippen LogP contribution in [0, 0.1) is 11.3 Å². The average Bonchev–Trinajstić information content (AvgIpc) is 3.19. The van der Waals surface area contributed by atoms with Gasteiger partial charge in [-0.3, -0.25) is 14.2 Å². The first kappa shape index (κ1) is 21.8. The molecular formula is C25H24N4O2S. The number of benzene rings is 2. The minimum absolute atomic E-state index is 0.0231. The fourth-order valence-electron chi connectivity index (χ4n) is 3.83. The predicted octanol–water partition coefficient (Wildman–Crippen LogP) is 5.21. The molecule has 0 aliphatic heterocycles. The highest BCUT2D eigenvalue weighted by Gasteiger charge is 2.19. The van der Waals surface area contributed by atoms with E-state index in [-0.39, 0.29) is 23.1 Å². The van der Waals surface area contributed by atoms with Crippen LogP contribution in [0.4, 0.5) is 0 Å². The van der Waals surface area contributed by atoms with Crippen LogP contribution in [-0.4, -0.2) is 25.7 Å². The molecule has 6 nitrogen and oxygen atoms in total. The summed E-state index contributed by atoms with van der Waals surface area (Å²) in [6, 6.07) is 17.2. The van der Waals surface area contributed by atoms with E-state index in [9.17, 15) is 9.59 Å². The minimum atomic E-state index is -0.0759. The molecule has 0 radical (unpaired) electrons. The molecule has 1 atom stereocenters. The second kappa shape index (κ2) is 9.41. The normalized spacial score (nSPS) is 12.2. The van der Waals surface area contributed by atoms with Gasteiger partial charge in [-0.2, -0.15) is 5.26 Å². The molecule has 0 saturated carbocycles. The summed E-state index contributed by atoms with van der Waals surface area (Å²) in [7, 11) is 0. The molecule has 0 aliphatic carbocycles. The first-order valence-corrected chi connectivity index (χ1v) is 11.7. The van der Waals surface area contributed by atoms with E-state index in [0.29, 0.717) is 34.6 Å². The molecule has 0 saturated heterocycles. The predicted molar refractivity (Wildman–Crippen MR) is 128 cm³/mol. The molecule has 0 spiro atoms. The lowest BCUT2D eigenvalue weighted by Crippen LogP contribution is -2.26. The van der Waals surface area contributed by atoms with Crippen molar-refractivity contribution in [2.45, 2.75) is 44.4 Å². The van der Waals surface area contributed by atoms with Gasteiger partial charge in [0.1, 0.15) is 0 Å². The van der Waals surface area contributed by atoms with E-state index in [0.717, 1.165) is 17.3 Å². The number of ketones is 1. The highest BCUT2D eigenvalue weighted by Crippen LogP contribution is 2.26. The second-order valence-electron chi connectivity index (χ2n) is 7.72. The highest BCUT2D eigenvalue weighted by molar-refractivity contribution is 7.99. The topological polar surface area (TPSA) is 80.7 Å². The van der Waals surface area contributed by atoms with Crippen molar-refractivity contribution in [3.63, 3.8) is 0 Å². The summed E-state index contributed by atoms with van der Waals surface area (Å²) in [4.78, 5) is 31.1. The van der Waals surface area contributed by atoms with Crippen molar-refractivity contribution in [1.29, 1.82) is 5.26 Å². The molecule has 0 amide bonds. The van der Waals surface area contributed by atoms with Crippen LogP contribution in [0.5, 0.6) is 0 Å². The van der Waals surface area contributed by atoms with Crippen LogP contribution in [0.3, 0.4) is 0 Å². The number of aromatic nitrogens is 3. The number of aryl methyl sites for hydroxylation is 1. The number of rotatable bonds is 8. The van der Waals surface area contributed by atoms with Crippen LogP contribution in [0.1, 0.15) is 43.1 Å². The SMILES string of the molecule is CCC(C)n1c(SCC(=O)c2cn(CCC#N)c3ccccc23)nc2ccccc2c1=O. The van der Waals surface area contributed by atoms with Gasteiger partial charge < -0.3 is 4.57 Å². The van der Waals surface area contributed by atoms with Crippen LogP contribution < -0.4 is 5.56 Å². The molecular weight excluding hydrogens is 420 g/mol. The minimum Gasteiger partial charge on any atom is -0.346 e. The number of nitrogens with zero attached hydrogens (tertiary/aromatic N) is 4. The monoisotopic (exact) mass is 444 g/mol. The van der Waals surface area contributed by atoms with Crippen LogP contribution in [0.25, 0.3) is 21.8 Å². The van der Waals surface area contributed by atoms with Crippen molar-refractivity contribution in [3.8, 4) is 6.07 Å². The van der Waals surface area contributed by atoms with Gasteiger partial charge in [0.15, 0.2) is 10.9 Å². The lowest BCUT2D eigenvalue weighted by Gasteiger charge is -2.18.